The molecule has 0 bridgehead atoms. The number of aromatic nitrogens is 3. The van der Waals surface area contributed by atoms with Crippen molar-refractivity contribution in [2.24, 2.45) is 0 Å². The lowest BCUT2D eigenvalue weighted by Crippen LogP contribution is -2.23. The van der Waals surface area contributed by atoms with Crippen LogP contribution in [0.1, 0.15) is 27.3 Å². The van der Waals surface area contributed by atoms with E-state index in [9.17, 15) is 4.79 Å². The second-order valence-corrected chi connectivity index (χ2v) is 6.40. The number of carbonyl (C=O) groups is 1. The maximum atomic E-state index is 12.4. The van der Waals surface area contributed by atoms with E-state index in [1.54, 1.807) is 41.2 Å². The maximum Gasteiger partial charge on any atom is 0.272 e. The number of rotatable bonds is 4. The van der Waals surface area contributed by atoms with Gasteiger partial charge in [0.15, 0.2) is 5.69 Å². The molecule has 2 aromatic heterocycles. The Morgan fingerprint density at radius 3 is 2.81 bits per heavy atom. The number of amides is 1. The minimum Gasteiger partial charge on any atom is -0.347 e. The molecule has 6 nitrogen and oxygen atoms in total. The summed E-state index contributed by atoms with van der Waals surface area (Å²) in [6.45, 7) is 2.07. The van der Waals surface area contributed by atoms with Gasteiger partial charge in [0, 0.05) is 29.7 Å². The van der Waals surface area contributed by atoms with Gasteiger partial charge in [-0.25, -0.2) is 4.68 Å². The van der Waals surface area contributed by atoms with Crippen molar-refractivity contribution in [2.45, 2.75) is 13.5 Å². The molecule has 0 saturated heterocycles. The number of nitrogens with zero attached hydrogens (tertiary/aromatic N) is 4. The molecule has 3 aromatic rings. The van der Waals surface area contributed by atoms with Gasteiger partial charge in [0.1, 0.15) is 6.07 Å². The largest absolute Gasteiger partial charge is 0.347 e. The smallest absolute Gasteiger partial charge is 0.272 e. The SMILES string of the molecule is Cc1cc(C(=O)NCc2cncc(C#N)c2)nn1-c1ccc(Cl)cc1Cl. The van der Waals surface area contributed by atoms with E-state index in [4.69, 9.17) is 28.5 Å². The first-order valence-corrected chi connectivity index (χ1v) is 8.38. The van der Waals surface area contributed by atoms with Crippen molar-refractivity contribution in [3.63, 3.8) is 0 Å². The molecule has 8 heteroatoms. The molecular formula is C18H13Cl2N5O. The molecule has 0 radical (unpaired) electrons. The predicted octanol–water partition coefficient (Wildman–Crippen LogP) is 3.68. The molecule has 2 heterocycles. The molecule has 0 atom stereocenters. The second kappa shape index (κ2) is 7.56. The summed E-state index contributed by atoms with van der Waals surface area (Å²) < 4.78 is 1.59. The summed E-state index contributed by atoms with van der Waals surface area (Å²) in [6, 6.07) is 10.4. The highest BCUT2D eigenvalue weighted by Gasteiger charge is 2.15. The highest BCUT2D eigenvalue weighted by molar-refractivity contribution is 6.35. The number of hydrogen-bond donors (Lipinski definition) is 1. The van der Waals surface area contributed by atoms with E-state index < -0.39 is 0 Å². The molecule has 1 amide bonds. The Balaban J connectivity index is 1.77. The molecule has 0 aliphatic carbocycles. The first-order chi connectivity index (χ1) is 12.5. The van der Waals surface area contributed by atoms with E-state index in [0.717, 1.165) is 11.3 Å². The van der Waals surface area contributed by atoms with Gasteiger partial charge in [0.2, 0.25) is 0 Å². The summed E-state index contributed by atoms with van der Waals surface area (Å²) in [5, 5.41) is 16.9. The van der Waals surface area contributed by atoms with Crippen molar-refractivity contribution in [3.05, 3.63) is 75.3 Å². The van der Waals surface area contributed by atoms with Crippen molar-refractivity contribution < 1.29 is 4.79 Å². The van der Waals surface area contributed by atoms with Gasteiger partial charge in [-0.3, -0.25) is 9.78 Å². The molecule has 0 unspecified atom stereocenters. The van der Waals surface area contributed by atoms with E-state index in [2.05, 4.69) is 15.4 Å². The lowest BCUT2D eigenvalue weighted by atomic mass is 10.2. The summed E-state index contributed by atoms with van der Waals surface area (Å²) in [5.74, 6) is -0.334. The quantitative estimate of drug-likeness (QED) is 0.742. The second-order valence-electron chi connectivity index (χ2n) is 5.55. The standard InChI is InChI=1S/C18H13Cl2N5O/c1-11-4-16(24-25(11)17-3-2-14(19)6-15(17)20)18(26)23-10-13-5-12(7-21)8-22-9-13/h2-6,8-9H,10H2,1H3,(H,23,26). The molecule has 0 aliphatic rings. The molecule has 26 heavy (non-hydrogen) atoms. The molecule has 1 N–H and O–H groups in total. The summed E-state index contributed by atoms with van der Waals surface area (Å²) in [5.41, 5.74) is 2.83. The average Bonchev–Trinajstić information content (AvgIpc) is 3.01. The van der Waals surface area contributed by atoms with E-state index in [1.807, 2.05) is 13.0 Å². The number of pyridine rings is 1. The van der Waals surface area contributed by atoms with Gasteiger partial charge in [-0.2, -0.15) is 10.4 Å². The van der Waals surface area contributed by atoms with E-state index in [1.165, 1.54) is 6.20 Å². The highest BCUT2D eigenvalue weighted by Crippen LogP contribution is 2.25. The van der Waals surface area contributed by atoms with Crippen molar-refractivity contribution in [3.8, 4) is 11.8 Å². The fourth-order valence-corrected chi connectivity index (χ4v) is 2.89. The number of hydrogen-bond acceptors (Lipinski definition) is 4. The Hall–Kier alpha value is -2.88. The van der Waals surface area contributed by atoms with Gasteiger partial charge in [-0.05, 0) is 42.8 Å². The van der Waals surface area contributed by atoms with Crippen LogP contribution in [0.4, 0.5) is 0 Å². The van der Waals surface area contributed by atoms with Crippen LogP contribution in [0.2, 0.25) is 10.0 Å². The average molecular weight is 386 g/mol. The van der Waals surface area contributed by atoms with Crippen LogP contribution in [0.15, 0.2) is 42.7 Å². The van der Waals surface area contributed by atoms with Gasteiger partial charge < -0.3 is 5.32 Å². The Labute approximate surface area is 160 Å². The Morgan fingerprint density at radius 2 is 2.08 bits per heavy atom. The molecule has 0 saturated carbocycles. The van der Waals surface area contributed by atoms with E-state index in [-0.39, 0.29) is 18.1 Å². The van der Waals surface area contributed by atoms with Gasteiger partial charge in [-0.15, -0.1) is 0 Å². The first kappa shape index (κ1) is 17.9. The summed E-state index contributed by atoms with van der Waals surface area (Å²) in [7, 11) is 0. The lowest BCUT2D eigenvalue weighted by molar-refractivity contribution is 0.0945. The van der Waals surface area contributed by atoms with Crippen LogP contribution >= 0.6 is 23.2 Å². The van der Waals surface area contributed by atoms with Crippen LogP contribution in [-0.4, -0.2) is 20.7 Å². The Bertz CT molecular complexity index is 1020. The monoisotopic (exact) mass is 385 g/mol. The minimum atomic E-state index is -0.334. The molecule has 0 fully saturated rings. The van der Waals surface area contributed by atoms with Crippen LogP contribution in [0.5, 0.6) is 0 Å². The summed E-state index contributed by atoms with van der Waals surface area (Å²) >= 11 is 12.1. The third-order valence-corrected chi connectivity index (χ3v) is 4.17. The molecule has 1 aromatic carbocycles. The summed E-state index contributed by atoms with van der Waals surface area (Å²) in [4.78, 5) is 16.3. The minimum absolute atomic E-state index is 0.245. The lowest BCUT2D eigenvalue weighted by Gasteiger charge is -2.07. The van der Waals surface area contributed by atoms with Crippen LogP contribution in [0.3, 0.4) is 0 Å². The van der Waals surface area contributed by atoms with Crippen LogP contribution in [0.25, 0.3) is 5.69 Å². The Kier molecular flexibility index (Phi) is 5.21. The van der Waals surface area contributed by atoms with Crippen LogP contribution in [0, 0.1) is 18.3 Å². The van der Waals surface area contributed by atoms with Crippen molar-refractivity contribution in [1.29, 1.82) is 5.26 Å². The molecular weight excluding hydrogens is 373 g/mol. The van der Waals surface area contributed by atoms with Gasteiger partial charge >= 0.3 is 0 Å². The topological polar surface area (TPSA) is 83.6 Å². The summed E-state index contributed by atoms with van der Waals surface area (Å²) in [6.07, 6.45) is 3.06. The third-order valence-electron chi connectivity index (χ3n) is 3.64. The maximum absolute atomic E-state index is 12.4. The predicted molar refractivity (Wildman–Crippen MR) is 98.4 cm³/mol. The zero-order valence-electron chi connectivity index (χ0n) is 13.7. The molecule has 0 aliphatic heterocycles. The van der Waals surface area contributed by atoms with Crippen molar-refractivity contribution >= 4 is 29.1 Å². The van der Waals surface area contributed by atoms with Crippen molar-refractivity contribution in [1.82, 2.24) is 20.1 Å². The van der Waals surface area contributed by atoms with E-state index in [0.29, 0.717) is 21.3 Å². The number of aryl methyl sites for hydroxylation is 1. The third kappa shape index (κ3) is 3.85. The fourth-order valence-electron chi connectivity index (χ4n) is 2.40. The zero-order chi connectivity index (χ0) is 18.7. The highest BCUT2D eigenvalue weighted by atomic mass is 35.5. The number of benzene rings is 1. The van der Waals surface area contributed by atoms with Crippen molar-refractivity contribution in [2.75, 3.05) is 0 Å². The van der Waals surface area contributed by atoms with Crippen LogP contribution < -0.4 is 5.32 Å². The molecule has 130 valence electrons. The number of halogens is 2. The fraction of sp³-hybridized carbons (Fsp3) is 0.111. The van der Waals surface area contributed by atoms with Crippen LogP contribution in [-0.2, 0) is 6.54 Å². The Morgan fingerprint density at radius 1 is 1.27 bits per heavy atom. The van der Waals surface area contributed by atoms with Gasteiger partial charge in [-0.1, -0.05) is 23.2 Å². The molecule has 0 spiro atoms. The van der Waals surface area contributed by atoms with Gasteiger partial charge in [0.25, 0.3) is 5.91 Å². The first-order valence-electron chi connectivity index (χ1n) is 7.62. The van der Waals surface area contributed by atoms with E-state index >= 15 is 0 Å². The molecule has 3 rings (SSSR count). The number of carbonyl (C=O) groups excluding carboxylic acids is 1. The zero-order valence-corrected chi connectivity index (χ0v) is 15.2. The number of nitrogens with one attached hydrogen (secondary N) is 1. The number of nitriles is 1. The van der Waals surface area contributed by atoms with Gasteiger partial charge in [0.05, 0.1) is 16.3 Å². The normalized spacial score (nSPS) is 10.4.